The van der Waals surface area contributed by atoms with Gasteiger partial charge in [0.05, 0.1) is 18.5 Å². The van der Waals surface area contributed by atoms with Crippen LogP contribution in [0.3, 0.4) is 0 Å². The van der Waals surface area contributed by atoms with Crippen molar-refractivity contribution >= 4 is 23.3 Å². The zero-order valence-electron chi connectivity index (χ0n) is 11.9. The van der Waals surface area contributed by atoms with Crippen molar-refractivity contribution in [3.05, 3.63) is 24.4 Å². The lowest BCUT2D eigenvalue weighted by molar-refractivity contribution is -0.135. The van der Waals surface area contributed by atoms with Gasteiger partial charge in [0.25, 0.3) is 0 Å². The minimum absolute atomic E-state index is 0.134. The molecule has 0 bridgehead atoms. The number of nitrogens with zero attached hydrogens (tertiary/aromatic N) is 4. The second-order valence-electron chi connectivity index (χ2n) is 4.94. The largest absolute Gasteiger partial charge is 0.375 e. The number of aromatic nitrogens is 3. The highest BCUT2D eigenvalue weighted by Crippen LogP contribution is 2.18. The van der Waals surface area contributed by atoms with E-state index in [0.717, 1.165) is 17.2 Å². The Kier molecular flexibility index (Phi) is 4.40. The lowest BCUT2D eigenvalue weighted by Crippen LogP contribution is -2.46. The molecule has 3 rings (SSSR count). The molecule has 0 saturated carbocycles. The average Bonchev–Trinajstić information content (AvgIpc) is 2.96. The van der Waals surface area contributed by atoms with Gasteiger partial charge in [-0.05, 0) is 18.6 Å². The number of rotatable bonds is 4. The van der Waals surface area contributed by atoms with E-state index in [-0.39, 0.29) is 12.0 Å². The predicted octanol–water partition coefficient (Wildman–Crippen LogP) is 1.46. The van der Waals surface area contributed by atoms with E-state index in [1.165, 1.54) is 11.8 Å². The highest BCUT2D eigenvalue weighted by molar-refractivity contribution is 7.99. The smallest absolute Gasteiger partial charge is 0.233 e. The lowest BCUT2D eigenvalue weighted by atomic mass is 10.2. The first-order valence-electron chi connectivity index (χ1n) is 7.10. The van der Waals surface area contributed by atoms with Gasteiger partial charge in [-0.3, -0.25) is 9.20 Å². The summed E-state index contributed by atoms with van der Waals surface area (Å²) in [5, 5.41) is 8.95. The third kappa shape index (κ3) is 3.19. The molecule has 0 aromatic carbocycles. The minimum atomic E-state index is 0.134. The molecule has 1 atom stereocenters. The fourth-order valence-corrected chi connectivity index (χ4v) is 3.16. The Morgan fingerprint density at radius 1 is 1.48 bits per heavy atom. The molecule has 1 aliphatic rings. The van der Waals surface area contributed by atoms with Crippen molar-refractivity contribution in [2.24, 2.45) is 0 Å². The van der Waals surface area contributed by atoms with Crippen molar-refractivity contribution in [2.75, 3.05) is 25.4 Å². The molecule has 1 aliphatic heterocycles. The summed E-state index contributed by atoms with van der Waals surface area (Å²) in [6.45, 7) is 4.07. The molecular formula is C14H18N4O2S. The maximum absolute atomic E-state index is 12.3. The van der Waals surface area contributed by atoms with Gasteiger partial charge in [0.2, 0.25) is 5.91 Å². The van der Waals surface area contributed by atoms with Crippen LogP contribution in [0.4, 0.5) is 0 Å². The Morgan fingerprint density at radius 3 is 3.24 bits per heavy atom. The van der Waals surface area contributed by atoms with Crippen LogP contribution >= 0.6 is 11.8 Å². The van der Waals surface area contributed by atoms with Crippen LogP contribution in [0, 0.1) is 0 Å². The second kappa shape index (κ2) is 6.44. The zero-order valence-corrected chi connectivity index (χ0v) is 12.8. The average molecular weight is 306 g/mol. The van der Waals surface area contributed by atoms with E-state index in [4.69, 9.17) is 4.74 Å². The summed E-state index contributed by atoms with van der Waals surface area (Å²) < 4.78 is 7.48. The van der Waals surface area contributed by atoms with Crippen LogP contribution in [0.2, 0.25) is 0 Å². The maximum Gasteiger partial charge on any atom is 0.233 e. The van der Waals surface area contributed by atoms with E-state index < -0.39 is 0 Å². The molecule has 0 radical (unpaired) electrons. The highest BCUT2D eigenvalue weighted by Gasteiger charge is 2.23. The third-order valence-electron chi connectivity index (χ3n) is 3.55. The molecule has 21 heavy (non-hydrogen) atoms. The fraction of sp³-hybridized carbons (Fsp3) is 0.500. The van der Waals surface area contributed by atoms with Gasteiger partial charge < -0.3 is 9.64 Å². The van der Waals surface area contributed by atoms with Gasteiger partial charge in [-0.1, -0.05) is 24.8 Å². The zero-order chi connectivity index (χ0) is 14.7. The molecule has 1 amide bonds. The molecule has 2 aromatic rings. The van der Waals surface area contributed by atoms with E-state index in [1.807, 2.05) is 33.7 Å². The molecule has 112 valence electrons. The molecule has 0 aliphatic carbocycles. The van der Waals surface area contributed by atoms with Crippen LogP contribution in [0.1, 0.15) is 13.3 Å². The molecule has 0 N–H and O–H groups in total. The van der Waals surface area contributed by atoms with Gasteiger partial charge in [0.15, 0.2) is 10.8 Å². The Bertz CT molecular complexity index is 630. The standard InChI is InChI=1S/C14H18N4O2S/c1-2-11-9-17(7-8-20-11)13(19)10-21-14-16-15-12-5-3-4-6-18(12)14/h3-6,11H,2,7-10H2,1H3. The number of thioether (sulfide) groups is 1. The first-order valence-corrected chi connectivity index (χ1v) is 8.08. The van der Waals surface area contributed by atoms with Crippen molar-refractivity contribution in [3.8, 4) is 0 Å². The van der Waals surface area contributed by atoms with Crippen molar-refractivity contribution < 1.29 is 9.53 Å². The number of pyridine rings is 1. The van der Waals surface area contributed by atoms with Crippen molar-refractivity contribution in [1.82, 2.24) is 19.5 Å². The number of hydrogen-bond acceptors (Lipinski definition) is 5. The van der Waals surface area contributed by atoms with Crippen LogP contribution in [-0.4, -0.2) is 57.0 Å². The molecule has 1 fully saturated rings. The SMILES string of the molecule is CCC1CN(C(=O)CSc2nnc3ccccn23)CCO1. The molecular weight excluding hydrogens is 288 g/mol. The molecule has 0 spiro atoms. The number of fused-ring (bicyclic) bond motifs is 1. The third-order valence-corrected chi connectivity index (χ3v) is 4.48. The van der Waals surface area contributed by atoms with E-state index >= 15 is 0 Å². The summed E-state index contributed by atoms with van der Waals surface area (Å²) in [7, 11) is 0. The Balaban J connectivity index is 1.60. The van der Waals surface area contributed by atoms with Gasteiger partial charge in [0, 0.05) is 19.3 Å². The van der Waals surface area contributed by atoms with E-state index in [1.54, 1.807) is 0 Å². The summed E-state index contributed by atoms with van der Waals surface area (Å²) >= 11 is 1.42. The lowest BCUT2D eigenvalue weighted by Gasteiger charge is -2.32. The van der Waals surface area contributed by atoms with Gasteiger partial charge >= 0.3 is 0 Å². The Morgan fingerprint density at radius 2 is 2.38 bits per heavy atom. The Hall–Kier alpha value is -1.60. The number of amides is 1. The van der Waals surface area contributed by atoms with E-state index in [0.29, 0.717) is 25.4 Å². The minimum Gasteiger partial charge on any atom is -0.375 e. The number of carbonyl (C=O) groups is 1. The van der Waals surface area contributed by atoms with Crippen LogP contribution in [0.15, 0.2) is 29.6 Å². The van der Waals surface area contributed by atoms with Crippen LogP contribution in [0.5, 0.6) is 0 Å². The highest BCUT2D eigenvalue weighted by atomic mass is 32.2. The summed E-state index contributed by atoms with van der Waals surface area (Å²) in [6, 6.07) is 5.74. The number of morpholine rings is 1. The Labute approximate surface area is 127 Å². The summed E-state index contributed by atoms with van der Waals surface area (Å²) in [5.41, 5.74) is 0.796. The first-order chi connectivity index (χ1) is 10.3. The van der Waals surface area contributed by atoms with E-state index in [9.17, 15) is 4.79 Å². The van der Waals surface area contributed by atoms with E-state index in [2.05, 4.69) is 17.1 Å². The molecule has 1 saturated heterocycles. The molecule has 2 aromatic heterocycles. The molecule has 3 heterocycles. The van der Waals surface area contributed by atoms with Gasteiger partial charge in [0.1, 0.15) is 0 Å². The van der Waals surface area contributed by atoms with Crippen molar-refractivity contribution in [3.63, 3.8) is 0 Å². The number of carbonyl (C=O) groups excluding carboxylic acids is 1. The summed E-state index contributed by atoms with van der Waals surface area (Å²) in [6.07, 6.45) is 3.01. The fourth-order valence-electron chi connectivity index (χ4n) is 2.33. The molecule has 1 unspecified atom stereocenters. The maximum atomic E-state index is 12.3. The predicted molar refractivity (Wildman–Crippen MR) is 80.3 cm³/mol. The number of ether oxygens (including phenoxy) is 1. The normalized spacial score (nSPS) is 19.1. The van der Waals surface area contributed by atoms with Gasteiger partial charge in [-0.25, -0.2) is 0 Å². The molecule has 7 heteroatoms. The monoisotopic (exact) mass is 306 g/mol. The van der Waals surface area contributed by atoms with Gasteiger partial charge in [-0.15, -0.1) is 10.2 Å². The second-order valence-corrected chi connectivity index (χ2v) is 5.88. The van der Waals surface area contributed by atoms with Crippen LogP contribution in [0.25, 0.3) is 5.65 Å². The number of hydrogen-bond donors (Lipinski definition) is 0. The summed E-state index contributed by atoms with van der Waals surface area (Å²) in [5.74, 6) is 0.515. The quantitative estimate of drug-likeness (QED) is 0.800. The first kappa shape index (κ1) is 14.3. The van der Waals surface area contributed by atoms with Crippen molar-refractivity contribution in [1.29, 1.82) is 0 Å². The van der Waals surface area contributed by atoms with Gasteiger partial charge in [-0.2, -0.15) is 0 Å². The van der Waals surface area contributed by atoms with Crippen LogP contribution < -0.4 is 0 Å². The van der Waals surface area contributed by atoms with Crippen LogP contribution in [-0.2, 0) is 9.53 Å². The molecule has 6 nitrogen and oxygen atoms in total. The summed E-state index contributed by atoms with van der Waals surface area (Å²) in [4.78, 5) is 14.2. The van der Waals surface area contributed by atoms with Crippen molar-refractivity contribution in [2.45, 2.75) is 24.6 Å². The topological polar surface area (TPSA) is 59.7 Å².